The van der Waals surface area contributed by atoms with Crippen molar-refractivity contribution in [1.82, 2.24) is 15.3 Å². The van der Waals surface area contributed by atoms with Gasteiger partial charge in [-0.05, 0) is 19.4 Å². The van der Waals surface area contributed by atoms with Gasteiger partial charge in [0.25, 0.3) is 0 Å². The Hall–Kier alpha value is -1.16. The van der Waals surface area contributed by atoms with Crippen LogP contribution in [0.2, 0.25) is 0 Å². The van der Waals surface area contributed by atoms with Crippen LogP contribution in [0.25, 0.3) is 0 Å². The molecule has 4 heteroatoms. The van der Waals surface area contributed by atoms with Crippen LogP contribution in [0.4, 0.5) is 0 Å². The monoisotopic (exact) mass is 235 g/mol. The molecule has 1 aliphatic rings. The van der Waals surface area contributed by atoms with E-state index in [1.54, 1.807) is 13.4 Å². The predicted octanol–water partition coefficient (Wildman–Crippen LogP) is 2.33. The molecule has 1 aliphatic carbocycles. The van der Waals surface area contributed by atoms with Crippen LogP contribution in [0.1, 0.15) is 43.8 Å². The molecule has 17 heavy (non-hydrogen) atoms. The fourth-order valence-corrected chi connectivity index (χ4v) is 2.62. The lowest BCUT2D eigenvalue weighted by molar-refractivity contribution is 0.385. The van der Waals surface area contributed by atoms with Crippen molar-refractivity contribution < 1.29 is 4.74 Å². The van der Waals surface area contributed by atoms with E-state index in [1.807, 2.05) is 13.1 Å². The summed E-state index contributed by atoms with van der Waals surface area (Å²) in [6.07, 6.45) is 8.23. The molecule has 1 fully saturated rings. The van der Waals surface area contributed by atoms with Gasteiger partial charge in [-0.3, -0.25) is 0 Å². The Balaban J connectivity index is 2.04. The summed E-state index contributed by atoms with van der Waals surface area (Å²) in [5.41, 5.74) is 1.03. The average molecular weight is 235 g/mol. The Morgan fingerprint density at radius 3 is 2.82 bits per heavy atom. The molecular formula is C13H21N3O. The van der Waals surface area contributed by atoms with E-state index in [0.717, 1.165) is 18.0 Å². The summed E-state index contributed by atoms with van der Waals surface area (Å²) in [6.45, 7) is 0. The quantitative estimate of drug-likeness (QED) is 0.851. The highest BCUT2D eigenvalue weighted by Crippen LogP contribution is 2.32. The Labute approximate surface area is 103 Å². The topological polar surface area (TPSA) is 47.0 Å². The number of nitrogens with one attached hydrogen (secondary N) is 1. The van der Waals surface area contributed by atoms with Gasteiger partial charge in [-0.2, -0.15) is 0 Å². The normalized spacial score (nSPS) is 18.2. The van der Waals surface area contributed by atoms with Gasteiger partial charge in [0, 0.05) is 12.1 Å². The van der Waals surface area contributed by atoms with E-state index in [4.69, 9.17) is 4.74 Å². The maximum atomic E-state index is 5.14. The fraction of sp³-hybridized carbons (Fsp3) is 0.692. The maximum Gasteiger partial charge on any atom is 0.216 e. The van der Waals surface area contributed by atoms with E-state index in [9.17, 15) is 0 Å². The number of hydrogen-bond donors (Lipinski definition) is 1. The van der Waals surface area contributed by atoms with E-state index in [1.165, 1.54) is 25.7 Å². The summed E-state index contributed by atoms with van der Waals surface area (Å²) in [5.74, 6) is 1.48. The maximum absolute atomic E-state index is 5.14. The molecule has 0 saturated heterocycles. The van der Waals surface area contributed by atoms with Gasteiger partial charge in [-0.1, -0.05) is 25.7 Å². The highest BCUT2D eigenvalue weighted by atomic mass is 16.5. The minimum absolute atomic E-state index is 0.315. The van der Waals surface area contributed by atoms with Crippen LogP contribution in [0.15, 0.2) is 12.4 Å². The zero-order chi connectivity index (χ0) is 12.1. The minimum atomic E-state index is 0.315. The third kappa shape index (κ3) is 3.16. The smallest absolute Gasteiger partial charge is 0.216 e. The zero-order valence-electron chi connectivity index (χ0n) is 10.6. The summed E-state index contributed by atoms with van der Waals surface area (Å²) in [5, 5.41) is 3.35. The molecule has 1 aromatic rings. The molecule has 1 unspecified atom stereocenters. The van der Waals surface area contributed by atoms with Crippen LogP contribution >= 0.6 is 0 Å². The van der Waals surface area contributed by atoms with Crippen molar-refractivity contribution >= 4 is 0 Å². The molecule has 2 rings (SSSR count). The molecule has 0 bridgehead atoms. The summed E-state index contributed by atoms with van der Waals surface area (Å²) in [7, 11) is 3.63. The fourth-order valence-electron chi connectivity index (χ4n) is 2.62. The van der Waals surface area contributed by atoms with Crippen LogP contribution in [0.3, 0.4) is 0 Å². The van der Waals surface area contributed by atoms with Crippen molar-refractivity contribution in [2.45, 2.75) is 38.1 Å². The first-order valence-corrected chi connectivity index (χ1v) is 6.36. The average Bonchev–Trinajstić information content (AvgIpc) is 2.89. The first-order valence-electron chi connectivity index (χ1n) is 6.36. The number of hydrogen-bond acceptors (Lipinski definition) is 4. The summed E-state index contributed by atoms with van der Waals surface area (Å²) < 4.78 is 5.14. The largest absolute Gasteiger partial charge is 0.481 e. The molecule has 4 nitrogen and oxygen atoms in total. The van der Waals surface area contributed by atoms with Crippen molar-refractivity contribution in [3.63, 3.8) is 0 Å². The SMILES string of the molecule is CNC(CC1CCCC1)c1cc(OC)ncn1. The van der Waals surface area contributed by atoms with Crippen LogP contribution in [-0.2, 0) is 0 Å². The molecule has 0 aromatic carbocycles. The summed E-state index contributed by atoms with van der Waals surface area (Å²) >= 11 is 0. The molecule has 1 N–H and O–H groups in total. The van der Waals surface area contributed by atoms with Gasteiger partial charge in [-0.15, -0.1) is 0 Å². The van der Waals surface area contributed by atoms with Crippen LogP contribution in [-0.4, -0.2) is 24.1 Å². The van der Waals surface area contributed by atoms with E-state index >= 15 is 0 Å². The van der Waals surface area contributed by atoms with Gasteiger partial charge >= 0.3 is 0 Å². The predicted molar refractivity (Wildman–Crippen MR) is 67.0 cm³/mol. The van der Waals surface area contributed by atoms with Gasteiger partial charge in [0.1, 0.15) is 6.33 Å². The molecule has 0 amide bonds. The van der Waals surface area contributed by atoms with Gasteiger partial charge in [0.15, 0.2) is 0 Å². The molecule has 1 saturated carbocycles. The highest BCUT2D eigenvalue weighted by molar-refractivity contribution is 5.16. The van der Waals surface area contributed by atoms with Crippen molar-refractivity contribution in [3.8, 4) is 5.88 Å². The van der Waals surface area contributed by atoms with Crippen LogP contribution in [0, 0.1) is 5.92 Å². The van der Waals surface area contributed by atoms with E-state index < -0.39 is 0 Å². The molecule has 94 valence electrons. The first-order chi connectivity index (χ1) is 8.33. The molecule has 1 atom stereocenters. The van der Waals surface area contributed by atoms with E-state index in [0.29, 0.717) is 11.9 Å². The molecular weight excluding hydrogens is 214 g/mol. The molecule has 1 heterocycles. The van der Waals surface area contributed by atoms with Gasteiger partial charge in [-0.25, -0.2) is 9.97 Å². The van der Waals surface area contributed by atoms with E-state index in [-0.39, 0.29) is 0 Å². The molecule has 0 radical (unpaired) electrons. The van der Waals surface area contributed by atoms with Gasteiger partial charge in [0.05, 0.1) is 12.8 Å². The minimum Gasteiger partial charge on any atom is -0.481 e. The second-order valence-electron chi connectivity index (χ2n) is 4.71. The lowest BCUT2D eigenvalue weighted by Crippen LogP contribution is -2.20. The van der Waals surface area contributed by atoms with Gasteiger partial charge in [0.2, 0.25) is 5.88 Å². The van der Waals surface area contributed by atoms with Gasteiger partial charge < -0.3 is 10.1 Å². The van der Waals surface area contributed by atoms with Crippen molar-refractivity contribution in [1.29, 1.82) is 0 Å². The standard InChI is InChI=1S/C13H21N3O/c1-14-11(7-10-5-3-4-6-10)12-8-13(17-2)16-9-15-12/h8-11,14H,3-7H2,1-2H3. The van der Waals surface area contributed by atoms with Crippen molar-refractivity contribution in [3.05, 3.63) is 18.1 Å². The summed E-state index contributed by atoms with van der Waals surface area (Å²) in [6, 6.07) is 2.24. The number of ether oxygens (including phenoxy) is 1. The lowest BCUT2D eigenvalue weighted by atomic mass is 9.96. The van der Waals surface area contributed by atoms with Crippen molar-refractivity contribution in [2.75, 3.05) is 14.2 Å². The molecule has 0 spiro atoms. The third-order valence-electron chi connectivity index (χ3n) is 3.62. The van der Waals surface area contributed by atoms with Crippen LogP contribution in [0.5, 0.6) is 5.88 Å². The number of rotatable bonds is 5. The number of methoxy groups -OCH3 is 1. The van der Waals surface area contributed by atoms with Crippen molar-refractivity contribution in [2.24, 2.45) is 5.92 Å². The second kappa shape index (κ2) is 5.96. The number of aromatic nitrogens is 2. The third-order valence-corrected chi connectivity index (χ3v) is 3.62. The Kier molecular flexibility index (Phi) is 4.31. The first kappa shape index (κ1) is 12.3. The number of nitrogens with zero attached hydrogens (tertiary/aromatic N) is 2. The lowest BCUT2D eigenvalue weighted by Gasteiger charge is -2.19. The Morgan fingerprint density at radius 1 is 1.41 bits per heavy atom. The van der Waals surface area contributed by atoms with Crippen LogP contribution < -0.4 is 10.1 Å². The Bertz CT molecular complexity index is 350. The summed E-state index contributed by atoms with van der Waals surface area (Å²) in [4.78, 5) is 8.39. The Morgan fingerprint density at radius 2 is 2.18 bits per heavy atom. The second-order valence-corrected chi connectivity index (χ2v) is 4.71. The van der Waals surface area contributed by atoms with E-state index in [2.05, 4.69) is 15.3 Å². The highest BCUT2D eigenvalue weighted by Gasteiger charge is 2.21. The zero-order valence-corrected chi connectivity index (χ0v) is 10.6. The molecule has 1 aromatic heterocycles. The molecule has 0 aliphatic heterocycles.